The molecule has 1 amide bonds. The van der Waals surface area contributed by atoms with Gasteiger partial charge < -0.3 is 25.8 Å². The lowest BCUT2D eigenvalue weighted by Crippen LogP contribution is -2.32. The van der Waals surface area contributed by atoms with Crippen LogP contribution in [0.1, 0.15) is 40.4 Å². The lowest BCUT2D eigenvalue weighted by molar-refractivity contribution is 0.100. The van der Waals surface area contributed by atoms with E-state index in [-0.39, 0.29) is 12.6 Å². The van der Waals surface area contributed by atoms with Crippen LogP contribution in [0.2, 0.25) is 0 Å². The second-order valence-corrected chi connectivity index (χ2v) is 8.00. The normalized spacial score (nSPS) is 13.9. The molecule has 0 fully saturated rings. The Balaban J connectivity index is 1.58. The summed E-state index contributed by atoms with van der Waals surface area (Å²) in [5.74, 6) is 0.527. The summed E-state index contributed by atoms with van der Waals surface area (Å²) < 4.78 is 5.85. The molecule has 162 valence electrons. The first-order valence-corrected chi connectivity index (χ1v) is 10.7. The first-order valence-electron chi connectivity index (χ1n) is 10.7. The molecule has 1 aliphatic heterocycles. The van der Waals surface area contributed by atoms with Crippen molar-refractivity contribution in [3.63, 3.8) is 0 Å². The standard InChI is InChI=1S/C24H33N3O3/c1-17-6-3-4-7-22(17)30-13-9-26-18(2)14-19-15-20-8-11-27(10-5-12-28)23(20)21(16-19)24(25)29/h3-4,6-7,15-16,18,26,28H,5,8-14H2,1-2H3,(H2,25,29). The van der Waals surface area contributed by atoms with E-state index in [1.165, 1.54) is 5.56 Å². The molecule has 0 aromatic heterocycles. The summed E-state index contributed by atoms with van der Waals surface area (Å²) >= 11 is 0. The molecule has 2 aromatic carbocycles. The van der Waals surface area contributed by atoms with Gasteiger partial charge in [-0.25, -0.2) is 0 Å². The van der Waals surface area contributed by atoms with E-state index in [4.69, 9.17) is 15.6 Å². The molecule has 6 heteroatoms. The molecule has 1 atom stereocenters. The van der Waals surface area contributed by atoms with Gasteiger partial charge >= 0.3 is 0 Å². The van der Waals surface area contributed by atoms with Crippen molar-refractivity contribution >= 4 is 11.6 Å². The van der Waals surface area contributed by atoms with Crippen LogP contribution < -0.4 is 20.7 Å². The minimum absolute atomic E-state index is 0.145. The molecule has 6 nitrogen and oxygen atoms in total. The number of carbonyl (C=O) groups excluding carboxylic acids is 1. The van der Waals surface area contributed by atoms with Gasteiger partial charge in [-0.05, 0) is 61.9 Å². The van der Waals surface area contributed by atoms with Crippen molar-refractivity contribution in [1.82, 2.24) is 5.32 Å². The van der Waals surface area contributed by atoms with E-state index in [0.717, 1.165) is 55.0 Å². The number of amides is 1. The lowest BCUT2D eigenvalue weighted by atomic mass is 9.98. The number of hydrogen-bond acceptors (Lipinski definition) is 5. The Hall–Kier alpha value is -2.57. The summed E-state index contributed by atoms with van der Waals surface area (Å²) in [6, 6.07) is 12.4. The number of nitrogens with two attached hydrogens (primary N) is 1. The van der Waals surface area contributed by atoms with Gasteiger partial charge in [-0.2, -0.15) is 0 Å². The summed E-state index contributed by atoms with van der Waals surface area (Å²) in [4.78, 5) is 14.3. The minimum Gasteiger partial charge on any atom is -0.492 e. The highest BCUT2D eigenvalue weighted by Gasteiger charge is 2.25. The zero-order valence-electron chi connectivity index (χ0n) is 18.0. The molecule has 1 heterocycles. The van der Waals surface area contributed by atoms with Crippen LogP contribution in [0.3, 0.4) is 0 Å². The largest absolute Gasteiger partial charge is 0.492 e. The van der Waals surface area contributed by atoms with E-state index in [1.54, 1.807) is 0 Å². The van der Waals surface area contributed by atoms with Crippen LogP contribution in [0.4, 0.5) is 5.69 Å². The number of carbonyl (C=O) groups is 1. The Kier molecular flexibility index (Phi) is 7.71. The number of ether oxygens (including phenoxy) is 1. The second-order valence-electron chi connectivity index (χ2n) is 8.00. The molecule has 0 spiro atoms. The first kappa shape index (κ1) is 22.1. The average molecular weight is 412 g/mol. The van der Waals surface area contributed by atoms with Crippen LogP contribution in [0, 0.1) is 6.92 Å². The van der Waals surface area contributed by atoms with Crippen LogP contribution >= 0.6 is 0 Å². The monoisotopic (exact) mass is 411 g/mol. The van der Waals surface area contributed by atoms with Crippen molar-refractivity contribution in [3.05, 3.63) is 58.7 Å². The molecule has 0 saturated carbocycles. The fraction of sp³-hybridized carbons (Fsp3) is 0.458. The van der Waals surface area contributed by atoms with Gasteiger partial charge in [0.05, 0.1) is 11.3 Å². The number of aliphatic hydroxyl groups is 1. The summed E-state index contributed by atoms with van der Waals surface area (Å²) in [7, 11) is 0. The summed E-state index contributed by atoms with van der Waals surface area (Å²) in [5.41, 5.74) is 10.7. The van der Waals surface area contributed by atoms with Crippen LogP contribution in [0.15, 0.2) is 36.4 Å². The molecule has 30 heavy (non-hydrogen) atoms. The zero-order chi connectivity index (χ0) is 21.5. The van der Waals surface area contributed by atoms with E-state index < -0.39 is 5.91 Å². The minimum atomic E-state index is -0.392. The first-order chi connectivity index (χ1) is 14.5. The van der Waals surface area contributed by atoms with Crippen molar-refractivity contribution in [1.29, 1.82) is 0 Å². The lowest BCUT2D eigenvalue weighted by Gasteiger charge is -2.22. The van der Waals surface area contributed by atoms with Gasteiger partial charge in [0, 0.05) is 32.3 Å². The molecule has 0 radical (unpaired) electrons. The number of hydrogen-bond donors (Lipinski definition) is 3. The number of aliphatic hydroxyl groups excluding tert-OH is 1. The van der Waals surface area contributed by atoms with E-state index in [0.29, 0.717) is 18.6 Å². The van der Waals surface area contributed by atoms with Crippen molar-refractivity contribution in [2.45, 2.75) is 39.2 Å². The topological polar surface area (TPSA) is 87.8 Å². The van der Waals surface area contributed by atoms with Crippen LogP contribution in [0.25, 0.3) is 0 Å². The average Bonchev–Trinajstić information content (AvgIpc) is 3.13. The van der Waals surface area contributed by atoms with E-state index in [9.17, 15) is 4.79 Å². The van der Waals surface area contributed by atoms with Gasteiger partial charge in [0.15, 0.2) is 0 Å². The van der Waals surface area contributed by atoms with Gasteiger partial charge in [0.2, 0.25) is 0 Å². The quantitative estimate of drug-likeness (QED) is 0.495. The van der Waals surface area contributed by atoms with E-state index in [2.05, 4.69) is 23.2 Å². The number of para-hydroxylation sites is 1. The zero-order valence-corrected chi connectivity index (χ0v) is 18.0. The molecule has 0 aliphatic carbocycles. The highest BCUT2D eigenvalue weighted by Crippen LogP contribution is 2.33. The van der Waals surface area contributed by atoms with Gasteiger partial charge in [-0.1, -0.05) is 24.3 Å². The fourth-order valence-corrected chi connectivity index (χ4v) is 4.09. The molecule has 2 aromatic rings. The van der Waals surface area contributed by atoms with Gasteiger partial charge in [-0.15, -0.1) is 0 Å². The Bertz CT molecular complexity index is 869. The number of aryl methyl sites for hydroxylation is 1. The van der Waals surface area contributed by atoms with Gasteiger partial charge in [0.1, 0.15) is 12.4 Å². The molecule has 0 bridgehead atoms. The number of nitrogens with zero attached hydrogens (tertiary/aromatic N) is 1. The molecule has 1 unspecified atom stereocenters. The van der Waals surface area contributed by atoms with Crippen molar-refractivity contribution in [3.8, 4) is 5.75 Å². The van der Waals surface area contributed by atoms with Crippen LogP contribution in [-0.2, 0) is 12.8 Å². The number of benzene rings is 2. The summed E-state index contributed by atoms with van der Waals surface area (Å²) in [6.45, 7) is 7.28. The maximum Gasteiger partial charge on any atom is 0.250 e. The highest BCUT2D eigenvalue weighted by molar-refractivity contribution is 6.00. The third kappa shape index (κ3) is 5.52. The van der Waals surface area contributed by atoms with Gasteiger partial charge in [0.25, 0.3) is 5.91 Å². The SMILES string of the molecule is Cc1ccccc1OCCNC(C)Cc1cc2c(c(C(N)=O)c1)N(CCCO)CC2. The predicted molar refractivity (Wildman–Crippen MR) is 120 cm³/mol. The molecular weight excluding hydrogens is 378 g/mol. The number of primary amides is 1. The maximum absolute atomic E-state index is 12.1. The smallest absolute Gasteiger partial charge is 0.250 e. The number of fused-ring (bicyclic) bond motifs is 1. The Morgan fingerprint density at radius 2 is 2.13 bits per heavy atom. The number of nitrogens with one attached hydrogen (secondary N) is 1. The van der Waals surface area contributed by atoms with E-state index in [1.807, 2.05) is 37.3 Å². The van der Waals surface area contributed by atoms with Crippen LogP contribution in [0.5, 0.6) is 5.75 Å². The number of anilines is 1. The summed E-state index contributed by atoms with van der Waals surface area (Å²) in [6.07, 6.45) is 2.40. The summed E-state index contributed by atoms with van der Waals surface area (Å²) in [5, 5.41) is 12.6. The Labute approximate surface area is 179 Å². The molecule has 0 saturated heterocycles. The fourth-order valence-electron chi connectivity index (χ4n) is 4.09. The Morgan fingerprint density at radius 3 is 2.87 bits per heavy atom. The predicted octanol–water partition coefficient (Wildman–Crippen LogP) is 2.44. The second kappa shape index (κ2) is 10.5. The molecule has 1 aliphatic rings. The third-order valence-electron chi connectivity index (χ3n) is 5.56. The number of rotatable bonds is 11. The third-order valence-corrected chi connectivity index (χ3v) is 5.56. The molecule has 3 rings (SSSR count). The van der Waals surface area contributed by atoms with Crippen molar-refractivity contribution in [2.75, 3.05) is 37.7 Å². The van der Waals surface area contributed by atoms with Crippen LogP contribution in [-0.4, -0.2) is 49.9 Å². The van der Waals surface area contributed by atoms with Crippen molar-refractivity contribution < 1.29 is 14.6 Å². The highest BCUT2D eigenvalue weighted by atomic mass is 16.5. The van der Waals surface area contributed by atoms with Gasteiger partial charge in [-0.3, -0.25) is 4.79 Å². The Morgan fingerprint density at radius 1 is 1.33 bits per heavy atom. The molecule has 4 N–H and O–H groups in total. The molecular formula is C24H33N3O3. The van der Waals surface area contributed by atoms with E-state index >= 15 is 0 Å². The van der Waals surface area contributed by atoms with Crippen molar-refractivity contribution in [2.24, 2.45) is 5.73 Å². The maximum atomic E-state index is 12.1.